The summed E-state index contributed by atoms with van der Waals surface area (Å²) in [5.74, 6) is -1.47. The molecule has 0 saturated heterocycles. The van der Waals surface area contributed by atoms with Gasteiger partial charge in [0.15, 0.2) is 23.3 Å². The second-order valence-electron chi connectivity index (χ2n) is 4.86. The number of nitrogens with zero attached hydrogens (tertiary/aromatic N) is 1. The van der Waals surface area contributed by atoms with Crippen LogP contribution in [0.5, 0.6) is 0 Å². The van der Waals surface area contributed by atoms with Crippen molar-refractivity contribution in [2.24, 2.45) is 5.41 Å². The highest BCUT2D eigenvalue weighted by Gasteiger charge is 2.18. The van der Waals surface area contributed by atoms with Crippen LogP contribution in [0.15, 0.2) is 6.07 Å². The number of pyridine rings is 1. The van der Waals surface area contributed by atoms with E-state index in [0.29, 0.717) is 13.1 Å². The van der Waals surface area contributed by atoms with Crippen molar-refractivity contribution in [3.8, 4) is 0 Å². The smallest absolute Gasteiger partial charge is 0.168 e. The van der Waals surface area contributed by atoms with Gasteiger partial charge < -0.3 is 15.7 Å². The fourth-order valence-corrected chi connectivity index (χ4v) is 1.26. The average Bonchev–Trinajstić information content (AvgIpc) is 2.31. The van der Waals surface area contributed by atoms with Crippen molar-refractivity contribution in [2.75, 3.05) is 30.3 Å². The predicted octanol–water partition coefficient (Wildman–Crippen LogP) is 2.22. The normalized spacial score (nSPS) is 11.4. The van der Waals surface area contributed by atoms with Crippen LogP contribution in [0.25, 0.3) is 0 Å². The van der Waals surface area contributed by atoms with Crippen molar-refractivity contribution in [3.05, 3.63) is 17.7 Å². The number of anilines is 2. The first-order chi connectivity index (χ1) is 8.39. The molecule has 3 N–H and O–H groups in total. The minimum atomic E-state index is -0.747. The highest BCUT2D eigenvalue weighted by molar-refractivity contribution is 5.47. The van der Waals surface area contributed by atoms with Crippen molar-refractivity contribution < 1.29 is 13.9 Å². The lowest BCUT2D eigenvalue weighted by molar-refractivity contribution is 0.170. The van der Waals surface area contributed by atoms with Crippen molar-refractivity contribution >= 4 is 11.6 Å². The number of hydrogen-bond donors (Lipinski definition) is 3. The molecule has 0 amide bonds. The first kappa shape index (κ1) is 14.6. The van der Waals surface area contributed by atoms with Crippen LogP contribution in [0.2, 0.25) is 0 Å². The van der Waals surface area contributed by atoms with E-state index in [1.54, 1.807) is 6.92 Å². The van der Waals surface area contributed by atoms with Crippen molar-refractivity contribution in [2.45, 2.75) is 20.8 Å². The van der Waals surface area contributed by atoms with Crippen LogP contribution in [0.3, 0.4) is 0 Å². The molecule has 1 aromatic heterocycles. The van der Waals surface area contributed by atoms with E-state index in [9.17, 15) is 8.78 Å². The quantitative estimate of drug-likeness (QED) is 0.733. The van der Waals surface area contributed by atoms with Crippen LogP contribution in [-0.2, 0) is 0 Å². The van der Waals surface area contributed by atoms with Crippen LogP contribution in [0.4, 0.5) is 20.4 Å². The molecular weight excluding hydrogens is 240 g/mol. The lowest BCUT2D eigenvalue weighted by Gasteiger charge is -2.22. The second-order valence-corrected chi connectivity index (χ2v) is 4.86. The van der Waals surface area contributed by atoms with E-state index in [2.05, 4.69) is 15.6 Å². The molecule has 4 nitrogen and oxygen atoms in total. The van der Waals surface area contributed by atoms with Crippen LogP contribution in [-0.4, -0.2) is 29.8 Å². The number of aromatic nitrogens is 1. The maximum absolute atomic E-state index is 13.5. The predicted molar refractivity (Wildman–Crippen MR) is 67.7 cm³/mol. The maximum atomic E-state index is 13.5. The van der Waals surface area contributed by atoms with Gasteiger partial charge in [-0.05, 0) is 6.92 Å². The van der Waals surface area contributed by atoms with Gasteiger partial charge in [-0.15, -0.1) is 0 Å². The molecular formula is C12H19F2N3O. The molecule has 0 atom stereocenters. The van der Waals surface area contributed by atoms with Gasteiger partial charge in [-0.1, -0.05) is 13.8 Å². The Kier molecular flexibility index (Phi) is 4.84. The summed E-state index contributed by atoms with van der Waals surface area (Å²) in [5.41, 5.74) is -0.402. The minimum Gasteiger partial charge on any atom is -0.396 e. The van der Waals surface area contributed by atoms with Gasteiger partial charge in [0.05, 0.1) is 0 Å². The SMILES string of the molecule is CCNc1nc(NCC(C)(C)CO)c(F)cc1F. The van der Waals surface area contributed by atoms with Crippen LogP contribution >= 0.6 is 0 Å². The third-order valence-electron chi connectivity index (χ3n) is 2.44. The van der Waals surface area contributed by atoms with Crippen molar-refractivity contribution in [3.63, 3.8) is 0 Å². The van der Waals surface area contributed by atoms with Gasteiger partial charge in [-0.2, -0.15) is 0 Å². The molecule has 0 aliphatic carbocycles. The van der Waals surface area contributed by atoms with E-state index in [0.717, 1.165) is 6.07 Å². The lowest BCUT2D eigenvalue weighted by Crippen LogP contribution is -2.27. The molecule has 0 aliphatic rings. The molecule has 0 saturated carbocycles. The molecule has 0 spiro atoms. The zero-order chi connectivity index (χ0) is 13.8. The van der Waals surface area contributed by atoms with Gasteiger partial charge in [0.25, 0.3) is 0 Å². The van der Waals surface area contributed by atoms with E-state index < -0.39 is 17.0 Å². The number of aliphatic hydroxyl groups is 1. The third-order valence-corrected chi connectivity index (χ3v) is 2.44. The Morgan fingerprint density at radius 2 is 1.78 bits per heavy atom. The zero-order valence-corrected chi connectivity index (χ0v) is 10.8. The molecule has 0 radical (unpaired) electrons. The first-order valence-electron chi connectivity index (χ1n) is 5.84. The summed E-state index contributed by atoms with van der Waals surface area (Å²) in [7, 11) is 0. The Balaban J connectivity index is 2.85. The van der Waals surface area contributed by atoms with E-state index in [1.165, 1.54) is 0 Å². The fourth-order valence-electron chi connectivity index (χ4n) is 1.26. The topological polar surface area (TPSA) is 57.2 Å². The summed E-state index contributed by atoms with van der Waals surface area (Å²) in [6.07, 6.45) is 0. The largest absolute Gasteiger partial charge is 0.396 e. The fraction of sp³-hybridized carbons (Fsp3) is 0.583. The van der Waals surface area contributed by atoms with Gasteiger partial charge in [0, 0.05) is 31.2 Å². The van der Waals surface area contributed by atoms with Gasteiger partial charge >= 0.3 is 0 Å². The molecule has 0 unspecified atom stereocenters. The van der Waals surface area contributed by atoms with E-state index >= 15 is 0 Å². The van der Waals surface area contributed by atoms with Crippen LogP contribution in [0.1, 0.15) is 20.8 Å². The second kappa shape index (κ2) is 5.95. The Labute approximate surface area is 105 Å². The van der Waals surface area contributed by atoms with Gasteiger partial charge in [0.2, 0.25) is 0 Å². The number of aliphatic hydroxyl groups excluding tert-OH is 1. The minimum absolute atomic E-state index is 0.0169. The molecule has 0 aromatic carbocycles. The standard InChI is InChI=1S/C12H19F2N3O/c1-4-15-10-8(13)5-9(14)11(17-10)16-6-12(2,3)7-18/h5,18H,4,6-7H2,1-3H3,(H2,15,16,17). The summed E-state index contributed by atoms with van der Waals surface area (Å²) in [4.78, 5) is 3.85. The number of hydrogen-bond acceptors (Lipinski definition) is 4. The Hall–Kier alpha value is -1.43. The summed E-state index contributed by atoms with van der Waals surface area (Å²) in [5, 5.41) is 14.6. The van der Waals surface area contributed by atoms with Crippen molar-refractivity contribution in [1.82, 2.24) is 4.98 Å². The molecule has 1 heterocycles. The molecule has 1 rings (SSSR count). The number of rotatable bonds is 6. The average molecular weight is 259 g/mol. The zero-order valence-electron chi connectivity index (χ0n) is 10.8. The Bertz CT molecular complexity index is 411. The molecule has 6 heteroatoms. The molecule has 0 aliphatic heterocycles. The number of nitrogens with one attached hydrogen (secondary N) is 2. The summed E-state index contributed by atoms with van der Waals surface area (Å²) < 4.78 is 26.8. The highest BCUT2D eigenvalue weighted by atomic mass is 19.1. The van der Waals surface area contributed by atoms with Crippen molar-refractivity contribution in [1.29, 1.82) is 0 Å². The summed E-state index contributed by atoms with van der Waals surface area (Å²) in [6.45, 7) is 6.25. The molecule has 102 valence electrons. The van der Waals surface area contributed by atoms with E-state index in [4.69, 9.17) is 5.11 Å². The molecule has 1 aromatic rings. The van der Waals surface area contributed by atoms with Crippen LogP contribution < -0.4 is 10.6 Å². The Morgan fingerprint density at radius 3 is 2.28 bits per heavy atom. The van der Waals surface area contributed by atoms with Crippen LogP contribution in [0, 0.1) is 17.0 Å². The monoisotopic (exact) mass is 259 g/mol. The number of halogens is 2. The maximum Gasteiger partial charge on any atom is 0.168 e. The molecule has 0 bridgehead atoms. The van der Waals surface area contributed by atoms with Gasteiger partial charge in [0.1, 0.15) is 0 Å². The third kappa shape index (κ3) is 3.80. The summed E-state index contributed by atoms with van der Waals surface area (Å²) >= 11 is 0. The van der Waals surface area contributed by atoms with E-state index in [1.807, 2.05) is 13.8 Å². The lowest BCUT2D eigenvalue weighted by atomic mass is 9.95. The highest BCUT2D eigenvalue weighted by Crippen LogP contribution is 2.21. The first-order valence-corrected chi connectivity index (χ1v) is 5.84. The van der Waals surface area contributed by atoms with Gasteiger partial charge in [-0.3, -0.25) is 0 Å². The van der Waals surface area contributed by atoms with E-state index in [-0.39, 0.29) is 18.2 Å². The summed E-state index contributed by atoms with van der Waals surface area (Å²) in [6, 6.07) is 0.791. The molecule has 18 heavy (non-hydrogen) atoms. The Morgan fingerprint density at radius 1 is 1.22 bits per heavy atom. The van der Waals surface area contributed by atoms with Gasteiger partial charge in [-0.25, -0.2) is 13.8 Å². The molecule has 0 fully saturated rings.